The van der Waals surface area contributed by atoms with Crippen molar-refractivity contribution in [3.8, 4) is 5.75 Å². The predicted molar refractivity (Wildman–Crippen MR) is 136 cm³/mol. The summed E-state index contributed by atoms with van der Waals surface area (Å²) in [4.78, 5) is 21.2. The molecule has 0 unspecified atom stereocenters. The van der Waals surface area contributed by atoms with Crippen molar-refractivity contribution in [2.45, 2.75) is 46.5 Å². The van der Waals surface area contributed by atoms with Gasteiger partial charge in [0.2, 0.25) is 0 Å². The van der Waals surface area contributed by atoms with E-state index in [2.05, 4.69) is 36.7 Å². The molecule has 0 N–H and O–H groups in total. The minimum absolute atomic E-state index is 0.149. The van der Waals surface area contributed by atoms with Gasteiger partial charge in [-0.15, -0.1) is 0 Å². The summed E-state index contributed by atoms with van der Waals surface area (Å²) in [7, 11) is 1.97. The number of aryl methyl sites for hydroxylation is 1. The molecule has 0 spiro atoms. The van der Waals surface area contributed by atoms with Crippen molar-refractivity contribution in [2.75, 3.05) is 26.2 Å². The number of carbonyl (C=O) groups is 1. The third kappa shape index (κ3) is 5.66. The Morgan fingerprint density at radius 2 is 1.65 bits per heavy atom. The molecular weight excluding hydrogens is 481 g/mol. The molecule has 1 atom stereocenters. The van der Waals surface area contributed by atoms with Crippen LogP contribution in [0.3, 0.4) is 0 Å². The molecule has 0 radical (unpaired) electrons. The van der Waals surface area contributed by atoms with Gasteiger partial charge in [0.15, 0.2) is 0 Å². The number of alkyl halides is 3. The van der Waals surface area contributed by atoms with Crippen LogP contribution in [0.15, 0.2) is 42.6 Å². The first-order valence-corrected chi connectivity index (χ1v) is 12.4. The average molecular weight is 515 g/mol. The molecule has 1 aliphatic rings. The van der Waals surface area contributed by atoms with Crippen molar-refractivity contribution >= 4 is 5.91 Å². The van der Waals surface area contributed by atoms with E-state index in [1.165, 1.54) is 23.3 Å². The zero-order valence-corrected chi connectivity index (χ0v) is 21.9. The Hall–Kier alpha value is -3.33. The third-order valence-electron chi connectivity index (χ3n) is 7.53. The number of imidazole rings is 1. The lowest BCUT2D eigenvalue weighted by atomic mass is 9.96. The molecule has 4 rings (SSSR count). The van der Waals surface area contributed by atoms with Crippen molar-refractivity contribution in [1.29, 1.82) is 0 Å². The number of ether oxygens (including phenoxy) is 1. The van der Waals surface area contributed by atoms with Crippen LogP contribution in [-0.2, 0) is 19.8 Å². The number of hydrogen-bond donors (Lipinski definition) is 0. The number of rotatable bonds is 6. The molecule has 2 heterocycles. The lowest BCUT2D eigenvalue weighted by molar-refractivity contribution is -0.137. The number of amides is 1. The second kappa shape index (κ2) is 10.6. The smallest absolute Gasteiger partial charge is 0.416 e. The van der Waals surface area contributed by atoms with Crippen LogP contribution in [0, 0.1) is 20.8 Å². The van der Waals surface area contributed by atoms with Gasteiger partial charge in [-0.25, -0.2) is 4.98 Å². The van der Waals surface area contributed by atoms with Gasteiger partial charge in [-0.1, -0.05) is 6.07 Å². The summed E-state index contributed by atoms with van der Waals surface area (Å²) in [5.74, 6) is 1.55. The minimum Gasteiger partial charge on any atom is -0.487 e. The summed E-state index contributed by atoms with van der Waals surface area (Å²) in [5.41, 5.74) is 4.02. The fourth-order valence-electron chi connectivity index (χ4n) is 4.75. The van der Waals surface area contributed by atoms with Gasteiger partial charge >= 0.3 is 6.18 Å². The van der Waals surface area contributed by atoms with E-state index in [1.54, 1.807) is 4.90 Å². The molecule has 37 heavy (non-hydrogen) atoms. The summed E-state index contributed by atoms with van der Waals surface area (Å²) in [6.07, 6.45) is -2.58. The fraction of sp³-hybridized carbons (Fsp3) is 0.429. The van der Waals surface area contributed by atoms with Gasteiger partial charge in [-0.3, -0.25) is 9.69 Å². The summed E-state index contributed by atoms with van der Waals surface area (Å²) in [6, 6.07) is 8.70. The zero-order valence-electron chi connectivity index (χ0n) is 21.9. The highest BCUT2D eigenvalue weighted by molar-refractivity contribution is 5.94. The Bertz CT molecular complexity index is 1260. The van der Waals surface area contributed by atoms with E-state index < -0.39 is 11.7 Å². The number of hydrogen-bond acceptors (Lipinski definition) is 4. The lowest BCUT2D eigenvalue weighted by Crippen LogP contribution is -2.49. The highest BCUT2D eigenvalue weighted by atomic mass is 19.4. The Kier molecular flexibility index (Phi) is 7.64. The second-order valence-electron chi connectivity index (χ2n) is 9.63. The average Bonchev–Trinajstić information content (AvgIpc) is 3.21. The molecule has 1 amide bonds. The number of halogens is 3. The molecule has 198 valence electrons. The van der Waals surface area contributed by atoms with Gasteiger partial charge in [-0.05, 0) is 74.7 Å². The van der Waals surface area contributed by atoms with Gasteiger partial charge in [-0.2, -0.15) is 13.2 Å². The first-order chi connectivity index (χ1) is 17.5. The van der Waals surface area contributed by atoms with Crippen LogP contribution >= 0.6 is 0 Å². The molecule has 1 fully saturated rings. The molecule has 0 saturated carbocycles. The van der Waals surface area contributed by atoms with E-state index in [-0.39, 0.29) is 17.5 Å². The molecule has 2 aromatic carbocycles. The largest absolute Gasteiger partial charge is 0.487 e. The van der Waals surface area contributed by atoms with E-state index in [4.69, 9.17) is 4.74 Å². The molecule has 1 aromatic heterocycles. The van der Waals surface area contributed by atoms with Gasteiger partial charge in [0, 0.05) is 44.8 Å². The van der Waals surface area contributed by atoms with Gasteiger partial charge < -0.3 is 14.2 Å². The summed E-state index contributed by atoms with van der Waals surface area (Å²) < 4.78 is 46.6. The van der Waals surface area contributed by atoms with Crippen molar-refractivity contribution in [1.82, 2.24) is 19.4 Å². The summed E-state index contributed by atoms with van der Waals surface area (Å²) >= 11 is 0. The van der Waals surface area contributed by atoms with Crippen LogP contribution in [0.2, 0.25) is 0 Å². The minimum atomic E-state index is -4.41. The molecule has 3 aromatic rings. The SMILES string of the molecule is Cc1c(OCc2cnc(C)n2C)ccc([C@@H](C)N2CCN(C(=O)c3ccc(C(F)(F)F)cc3)CC2)c1C. The van der Waals surface area contributed by atoms with Crippen LogP contribution in [-0.4, -0.2) is 51.4 Å². The quantitative estimate of drug-likeness (QED) is 0.438. The van der Waals surface area contributed by atoms with Crippen LogP contribution in [0.5, 0.6) is 5.75 Å². The number of carbonyl (C=O) groups excluding carboxylic acids is 1. The number of benzene rings is 2. The van der Waals surface area contributed by atoms with Gasteiger partial charge in [0.1, 0.15) is 18.2 Å². The molecular formula is C28H33F3N4O2. The number of nitrogens with zero attached hydrogens (tertiary/aromatic N) is 4. The van der Waals surface area contributed by atoms with E-state index in [9.17, 15) is 18.0 Å². The maximum absolute atomic E-state index is 12.8. The van der Waals surface area contributed by atoms with E-state index >= 15 is 0 Å². The molecule has 0 bridgehead atoms. The Morgan fingerprint density at radius 1 is 1.00 bits per heavy atom. The Balaban J connectivity index is 1.37. The highest BCUT2D eigenvalue weighted by Crippen LogP contribution is 2.32. The van der Waals surface area contributed by atoms with Crippen molar-refractivity contribution in [2.24, 2.45) is 7.05 Å². The van der Waals surface area contributed by atoms with E-state index in [1.807, 2.05) is 30.8 Å². The molecule has 9 heteroatoms. The topological polar surface area (TPSA) is 50.6 Å². The van der Waals surface area contributed by atoms with Crippen molar-refractivity contribution in [3.05, 3.63) is 81.9 Å². The van der Waals surface area contributed by atoms with E-state index in [0.29, 0.717) is 32.8 Å². The second-order valence-corrected chi connectivity index (χ2v) is 9.63. The maximum Gasteiger partial charge on any atom is 0.416 e. The monoisotopic (exact) mass is 514 g/mol. The van der Waals surface area contributed by atoms with Crippen LogP contribution in [0.25, 0.3) is 0 Å². The molecule has 6 nitrogen and oxygen atoms in total. The van der Waals surface area contributed by atoms with Crippen molar-refractivity contribution < 1.29 is 22.7 Å². The molecule has 1 saturated heterocycles. The van der Waals surface area contributed by atoms with Crippen LogP contribution < -0.4 is 4.74 Å². The zero-order chi connectivity index (χ0) is 26.9. The Labute approximate surface area is 215 Å². The van der Waals surface area contributed by atoms with Gasteiger partial charge in [0.25, 0.3) is 5.91 Å². The van der Waals surface area contributed by atoms with Crippen molar-refractivity contribution in [3.63, 3.8) is 0 Å². The van der Waals surface area contributed by atoms with Crippen LogP contribution in [0.4, 0.5) is 13.2 Å². The lowest BCUT2D eigenvalue weighted by Gasteiger charge is -2.39. The normalized spacial score (nSPS) is 15.6. The number of aromatic nitrogens is 2. The van der Waals surface area contributed by atoms with E-state index in [0.717, 1.165) is 35.0 Å². The fourth-order valence-corrected chi connectivity index (χ4v) is 4.75. The molecule has 0 aliphatic carbocycles. The summed E-state index contributed by atoms with van der Waals surface area (Å²) in [5, 5.41) is 0. The summed E-state index contributed by atoms with van der Waals surface area (Å²) in [6.45, 7) is 11.1. The molecule has 1 aliphatic heterocycles. The first kappa shape index (κ1) is 26.7. The maximum atomic E-state index is 12.8. The first-order valence-electron chi connectivity index (χ1n) is 12.4. The predicted octanol–water partition coefficient (Wildman–Crippen LogP) is 5.46. The highest BCUT2D eigenvalue weighted by Gasteiger charge is 2.31. The standard InChI is InChI=1S/C28H33F3N4O2/c1-18-19(2)26(37-17-24-16-32-21(4)33(24)5)11-10-25(18)20(3)34-12-14-35(15-13-34)27(36)22-6-8-23(9-7-22)28(29,30)31/h6-11,16,20H,12-15,17H2,1-5H3/t20-/m1/s1. The Morgan fingerprint density at radius 3 is 2.22 bits per heavy atom. The third-order valence-corrected chi connectivity index (χ3v) is 7.53. The van der Waals surface area contributed by atoms with Gasteiger partial charge in [0.05, 0.1) is 17.5 Å². The number of piperazine rings is 1. The van der Waals surface area contributed by atoms with Crippen LogP contribution in [0.1, 0.15) is 57.1 Å².